The van der Waals surface area contributed by atoms with Gasteiger partial charge in [-0.2, -0.15) is 0 Å². The van der Waals surface area contributed by atoms with Crippen molar-refractivity contribution in [2.45, 2.75) is 88.8 Å². The highest BCUT2D eigenvalue weighted by atomic mass is 32.2. The molecule has 1 aliphatic carbocycles. The number of hydrogen-bond acceptors (Lipinski definition) is 5. The maximum atomic E-state index is 14.0. The molecule has 0 radical (unpaired) electrons. The van der Waals surface area contributed by atoms with E-state index in [0.29, 0.717) is 23.5 Å². The fourth-order valence-corrected chi connectivity index (χ4v) is 7.88. The molecule has 3 aromatic rings. The Morgan fingerprint density at radius 3 is 2.49 bits per heavy atom. The third-order valence-corrected chi connectivity index (χ3v) is 10.5. The van der Waals surface area contributed by atoms with Gasteiger partial charge in [0.05, 0.1) is 11.7 Å². The fraction of sp³-hybridized carbons (Fsp3) is 0.576. The van der Waals surface area contributed by atoms with Crippen molar-refractivity contribution >= 4 is 28.6 Å². The van der Waals surface area contributed by atoms with Crippen LogP contribution in [-0.2, 0) is 11.3 Å². The lowest BCUT2D eigenvalue weighted by atomic mass is 9.83. The molecule has 2 aromatic heterocycles. The number of aryl methyl sites for hydroxylation is 1. The van der Waals surface area contributed by atoms with Gasteiger partial charge in [0.25, 0.3) is 11.5 Å². The van der Waals surface area contributed by atoms with E-state index in [0.717, 1.165) is 84.4 Å². The Morgan fingerprint density at radius 1 is 1.12 bits per heavy atom. The maximum absolute atomic E-state index is 14.0. The summed E-state index contributed by atoms with van der Waals surface area (Å²) in [5.74, 6) is 0.927. The number of amides is 1. The van der Waals surface area contributed by atoms with E-state index in [9.17, 15) is 9.59 Å². The van der Waals surface area contributed by atoms with Gasteiger partial charge in [0.1, 0.15) is 0 Å². The molecule has 0 unspecified atom stereocenters. The number of benzene rings is 1. The number of methoxy groups -OCH3 is 1. The molecule has 1 saturated heterocycles. The van der Waals surface area contributed by atoms with Gasteiger partial charge in [-0.15, -0.1) is 11.8 Å². The zero-order chi connectivity index (χ0) is 29.3. The van der Waals surface area contributed by atoms with Gasteiger partial charge >= 0.3 is 0 Å². The third kappa shape index (κ3) is 6.15. The van der Waals surface area contributed by atoms with Crippen LogP contribution in [0, 0.1) is 19.8 Å². The molecule has 7 nitrogen and oxygen atoms in total. The first-order chi connectivity index (χ1) is 19.7. The molecule has 3 heterocycles. The van der Waals surface area contributed by atoms with Gasteiger partial charge in [-0.3, -0.25) is 9.59 Å². The minimum absolute atomic E-state index is 0.117. The van der Waals surface area contributed by atoms with E-state index in [4.69, 9.17) is 4.74 Å². The predicted octanol–water partition coefficient (Wildman–Crippen LogP) is 6.17. The molecular formula is C33H46N4O3S. The Morgan fingerprint density at radius 2 is 1.83 bits per heavy atom. The van der Waals surface area contributed by atoms with E-state index in [2.05, 4.69) is 58.9 Å². The summed E-state index contributed by atoms with van der Waals surface area (Å²) in [6.07, 6.45) is 9.01. The summed E-state index contributed by atoms with van der Waals surface area (Å²) in [6, 6.07) is 9.07. The molecule has 1 atom stereocenters. The van der Waals surface area contributed by atoms with Crippen LogP contribution >= 0.6 is 11.8 Å². The summed E-state index contributed by atoms with van der Waals surface area (Å²) in [6.45, 7) is 8.68. The quantitative estimate of drug-likeness (QED) is 0.313. The normalized spacial score (nSPS) is 21.3. The molecular weight excluding hydrogens is 532 g/mol. The van der Waals surface area contributed by atoms with E-state index in [1.54, 1.807) is 0 Å². The lowest BCUT2D eigenvalue weighted by Gasteiger charge is -2.33. The number of piperidine rings is 1. The predicted molar refractivity (Wildman–Crippen MR) is 168 cm³/mol. The number of fused-ring (bicyclic) bond motifs is 1. The Kier molecular flexibility index (Phi) is 9.31. The van der Waals surface area contributed by atoms with E-state index < -0.39 is 0 Å². The van der Waals surface area contributed by atoms with Crippen LogP contribution in [0.2, 0.25) is 0 Å². The van der Waals surface area contributed by atoms with Crippen LogP contribution in [0.3, 0.4) is 0 Å². The molecule has 1 aromatic carbocycles. The first-order valence-corrected chi connectivity index (χ1v) is 16.3. The van der Waals surface area contributed by atoms with E-state index in [1.807, 2.05) is 26.4 Å². The number of aromatic nitrogens is 2. The second-order valence-corrected chi connectivity index (χ2v) is 13.1. The van der Waals surface area contributed by atoms with E-state index in [-0.39, 0.29) is 24.1 Å². The maximum Gasteiger partial charge on any atom is 0.254 e. The zero-order valence-corrected chi connectivity index (χ0v) is 26.3. The number of hydrogen-bond donors (Lipinski definition) is 2. The van der Waals surface area contributed by atoms with Crippen molar-refractivity contribution in [2.75, 3.05) is 33.5 Å². The van der Waals surface area contributed by atoms with E-state index in [1.165, 1.54) is 17.3 Å². The average Bonchev–Trinajstić information content (AvgIpc) is 3.27. The molecule has 1 aliphatic heterocycles. The average molecular weight is 579 g/mol. The van der Waals surface area contributed by atoms with Crippen molar-refractivity contribution in [1.29, 1.82) is 0 Å². The van der Waals surface area contributed by atoms with Crippen molar-refractivity contribution in [3.8, 4) is 0 Å². The number of thioether (sulfide) groups is 1. The standard InChI is InChI=1S/C33H46N4O3S/c1-20-17-30(41-6)28(32(38)35-20)19-34-33(39)31-22(3)37(21(2)23-7-10-26(40-5)11-8-23)29-12-9-25(18-27(29)31)24-13-15-36(4)16-14-24/h9,12,17-18,21,23-24,26H,7-8,10-11,13-16,19H2,1-6H3,(H,34,39)(H,35,38)/t21-,23?,26?/m1/s1. The Hall–Kier alpha value is -2.55. The first-order valence-electron chi connectivity index (χ1n) is 15.1. The van der Waals surface area contributed by atoms with Gasteiger partial charge < -0.3 is 24.5 Å². The third-order valence-electron chi connectivity index (χ3n) is 9.71. The Bertz CT molecular complexity index is 1440. The number of nitrogens with zero attached hydrogens (tertiary/aromatic N) is 2. The largest absolute Gasteiger partial charge is 0.381 e. The van der Waals surface area contributed by atoms with E-state index >= 15 is 0 Å². The summed E-state index contributed by atoms with van der Waals surface area (Å²) in [5, 5.41) is 4.15. The van der Waals surface area contributed by atoms with Crippen LogP contribution in [0.5, 0.6) is 0 Å². The van der Waals surface area contributed by atoms with Crippen LogP contribution in [-0.4, -0.2) is 60.0 Å². The van der Waals surface area contributed by atoms with Crippen LogP contribution in [0.25, 0.3) is 10.9 Å². The number of carbonyl (C=O) groups excluding carboxylic acids is 1. The second kappa shape index (κ2) is 12.8. The number of nitrogens with one attached hydrogen (secondary N) is 2. The SMILES string of the molecule is COC1CCC([C@@H](C)n2c(C)c(C(=O)NCc3c(SC)cc(C)[nH]c3=O)c3cc(C4CCN(C)CC4)ccc32)CC1. The van der Waals surface area contributed by atoms with Crippen molar-refractivity contribution in [3.05, 3.63) is 62.7 Å². The van der Waals surface area contributed by atoms with Crippen LogP contribution in [0.15, 0.2) is 34.0 Å². The zero-order valence-electron chi connectivity index (χ0n) is 25.5. The van der Waals surface area contributed by atoms with Crippen LogP contribution in [0.1, 0.15) is 90.3 Å². The van der Waals surface area contributed by atoms with Crippen LogP contribution < -0.4 is 10.9 Å². The molecule has 2 N–H and O–H groups in total. The first kappa shape index (κ1) is 29.9. The number of likely N-dealkylation sites (tertiary alicyclic amines) is 1. The second-order valence-electron chi connectivity index (χ2n) is 12.2. The number of H-pyrrole nitrogens is 1. The number of aromatic amines is 1. The fourth-order valence-electron chi connectivity index (χ4n) is 7.18. The van der Waals surface area contributed by atoms with Gasteiger partial charge in [-0.1, -0.05) is 6.07 Å². The number of ether oxygens (including phenoxy) is 1. The van der Waals surface area contributed by atoms with Gasteiger partial charge in [0.2, 0.25) is 0 Å². The summed E-state index contributed by atoms with van der Waals surface area (Å²) < 4.78 is 8.05. The van der Waals surface area contributed by atoms with Gasteiger partial charge in [-0.05, 0) is 121 Å². The minimum Gasteiger partial charge on any atom is -0.381 e. The summed E-state index contributed by atoms with van der Waals surface area (Å²) >= 11 is 1.53. The molecule has 222 valence electrons. The van der Waals surface area contributed by atoms with Crippen molar-refractivity contribution in [3.63, 3.8) is 0 Å². The van der Waals surface area contributed by atoms with Crippen molar-refractivity contribution in [1.82, 2.24) is 19.8 Å². The number of carbonyl (C=O) groups is 1. The molecule has 41 heavy (non-hydrogen) atoms. The lowest BCUT2D eigenvalue weighted by molar-refractivity contribution is 0.0492. The van der Waals surface area contributed by atoms with Gasteiger partial charge in [-0.25, -0.2) is 0 Å². The monoisotopic (exact) mass is 578 g/mol. The molecule has 8 heteroatoms. The molecule has 1 amide bonds. The summed E-state index contributed by atoms with van der Waals surface area (Å²) in [7, 11) is 4.01. The molecule has 2 fully saturated rings. The topological polar surface area (TPSA) is 79.4 Å². The number of rotatable bonds is 8. The van der Waals surface area contributed by atoms with Crippen LogP contribution in [0.4, 0.5) is 0 Å². The molecule has 2 aliphatic rings. The smallest absolute Gasteiger partial charge is 0.254 e. The number of pyridine rings is 1. The van der Waals surface area contributed by atoms with Crippen molar-refractivity contribution in [2.24, 2.45) is 5.92 Å². The summed E-state index contributed by atoms with van der Waals surface area (Å²) in [4.78, 5) is 32.9. The van der Waals surface area contributed by atoms with Gasteiger partial charge in [0, 0.05) is 52.4 Å². The van der Waals surface area contributed by atoms with Gasteiger partial charge in [0.15, 0.2) is 0 Å². The lowest BCUT2D eigenvalue weighted by Crippen LogP contribution is -2.29. The molecule has 1 saturated carbocycles. The minimum atomic E-state index is -0.140. The highest BCUT2D eigenvalue weighted by molar-refractivity contribution is 7.98. The Balaban J connectivity index is 1.51. The Labute approximate surface area is 248 Å². The highest BCUT2D eigenvalue weighted by Gasteiger charge is 2.30. The van der Waals surface area contributed by atoms with Crippen molar-refractivity contribution < 1.29 is 9.53 Å². The molecule has 0 spiro atoms. The summed E-state index contributed by atoms with van der Waals surface area (Å²) in [5.41, 5.74) is 5.48. The molecule has 5 rings (SSSR count). The molecule has 0 bridgehead atoms. The highest BCUT2D eigenvalue weighted by Crippen LogP contribution is 2.40.